The molecule has 6 nitrogen and oxygen atoms in total. The van der Waals surface area contributed by atoms with E-state index in [9.17, 15) is 0 Å². The third-order valence-corrected chi connectivity index (χ3v) is 0.275. The molecule has 0 unspecified atom stereocenters. The molecular weight excluding hydrogens is 104 g/mol. The number of hydrogen-bond donors (Lipinski definition) is 3. The number of hydrogen-bond acceptors (Lipinski definition) is 6. The first-order chi connectivity index (χ1) is 3.31. The molecule has 0 heterocycles. The summed E-state index contributed by atoms with van der Waals surface area (Å²) >= 11 is 0. The molecule has 0 atom stereocenters. The smallest absolute Gasteiger partial charge is 0.0937 e. The van der Waals surface area contributed by atoms with E-state index in [2.05, 4.69) is 9.78 Å². The average Bonchev–Trinajstić information content (AvgIpc) is 1.68. The van der Waals surface area contributed by atoms with Gasteiger partial charge in [-0.2, -0.15) is 0 Å². The van der Waals surface area contributed by atoms with E-state index in [1.54, 1.807) is 0 Å². The Balaban J connectivity index is 2.83. The number of nitrogens with zero attached hydrogens (tertiary/aromatic N) is 1. The van der Waals surface area contributed by atoms with Crippen LogP contribution in [0, 0.1) is 0 Å². The van der Waals surface area contributed by atoms with Gasteiger partial charge in [0.05, 0.1) is 12.5 Å². The van der Waals surface area contributed by atoms with Crippen molar-refractivity contribution in [3.63, 3.8) is 0 Å². The molecule has 0 aliphatic rings. The van der Waals surface area contributed by atoms with E-state index in [0.29, 0.717) is 0 Å². The van der Waals surface area contributed by atoms with Gasteiger partial charge >= 0.3 is 0 Å². The van der Waals surface area contributed by atoms with Gasteiger partial charge in [-0.05, 0) is 0 Å². The maximum atomic E-state index is 8.02. The van der Waals surface area contributed by atoms with Gasteiger partial charge in [0.1, 0.15) is 0 Å². The molecule has 0 aromatic carbocycles. The second-order valence-electron chi connectivity index (χ2n) is 0.603. The second-order valence-corrected chi connectivity index (χ2v) is 0.603. The SMILES string of the molecule is CON(O)ONO. The van der Waals surface area contributed by atoms with Crippen LogP contribution in [0.25, 0.3) is 0 Å². The Kier molecular flexibility index (Phi) is 3.80. The van der Waals surface area contributed by atoms with Crippen LogP contribution in [0.2, 0.25) is 0 Å². The summed E-state index contributed by atoms with van der Waals surface area (Å²) in [5.74, 6) is 0. The highest BCUT2D eigenvalue weighted by molar-refractivity contribution is 3.60. The van der Waals surface area contributed by atoms with Gasteiger partial charge < -0.3 is 0 Å². The predicted molar refractivity (Wildman–Crippen MR) is 16.6 cm³/mol. The topological polar surface area (TPSA) is 74.2 Å². The van der Waals surface area contributed by atoms with Crippen molar-refractivity contribution in [2.45, 2.75) is 0 Å². The Morgan fingerprint density at radius 3 is 2.43 bits per heavy atom. The quantitative estimate of drug-likeness (QED) is 0.407. The normalized spacial score (nSPS) is 10.3. The Bertz CT molecular complexity index is 40.7. The lowest BCUT2D eigenvalue weighted by atomic mass is 11.7. The molecule has 0 rings (SSSR count). The highest BCUT2D eigenvalue weighted by Gasteiger charge is 1.91. The lowest BCUT2D eigenvalue weighted by Crippen LogP contribution is -2.25. The van der Waals surface area contributed by atoms with E-state index in [-0.39, 0.29) is 5.39 Å². The van der Waals surface area contributed by atoms with Gasteiger partial charge in [-0.15, -0.1) is 4.94 Å². The summed E-state index contributed by atoms with van der Waals surface area (Å²) in [6.45, 7) is 0. The Morgan fingerprint density at radius 1 is 1.71 bits per heavy atom. The molecule has 0 bridgehead atoms. The van der Waals surface area contributed by atoms with Crippen LogP contribution in [0.5, 0.6) is 0 Å². The van der Waals surface area contributed by atoms with Crippen molar-refractivity contribution in [3.05, 3.63) is 0 Å². The van der Waals surface area contributed by atoms with Crippen LogP contribution in [0.15, 0.2) is 0 Å². The molecule has 0 aromatic heterocycles. The fraction of sp³-hybridized carbons (Fsp3) is 1.00. The molecule has 7 heavy (non-hydrogen) atoms. The maximum absolute atomic E-state index is 8.02. The first-order valence-corrected chi connectivity index (χ1v) is 1.40. The molecule has 0 aliphatic carbocycles. The molecule has 0 saturated heterocycles. The fourth-order valence-corrected chi connectivity index (χ4v) is 0.0722. The van der Waals surface area contributed by atoms with Crippen molar-refractivity contribution in [2.75, 3.05) is 7.11 Å². The first-order valence-electron chi connectivity index (χ1n) is 1.40. The van der Waals surface area contributed by atoms with Crippen molar-refractivity contribution in [1.29, 1.82) is 0 Å². The third-order valence-electron chi connectivity index (χ3n) is 0.275. The summed E-state index contributed by atoms with van der Waals surface area (Å²) in [5.41, 5.74) is 1.17. The van der Waals surface area contributed by atoms with Crippen LogP contribution < -0.4 is 5.64 Å². The molecule has 0 aliphatic heterocycles. The summed E-state index contributed by atoms with van der Waals surface area (Å²) in [7, 11) is 1.15. The van der Waals surface area contributed by atoms with Crippen LogP contribution in [0.1, 0.15) is 0 Å². The predicted octanol–water partition coefficient (Wildman–Crippen LogP) is -0.936. The average molecular weight is 110 g/mol. The third kappa shape index (κ3) is 3.59. The van der Waals surface area contributed by atoms with E-state index >= 15 is 0 Å². The van der Waals surface area contributed by atoms with E-state index in [1.807, 2.05) is 0 Å². The van der Waals surface area contributed by atoms with Gasteiger partial charge in [-0.25, -0.2) is 0 Å². The van der Waals surface area contributed by atoms with Gasteiger partial charge in [0, 0.05) is 0 Å². The van der Waals surface area contributed by atoms with Crippen molar-refractivity contribution < 1.29 is 20.2 Å². The fourth-order valence-electron chi connectivity index (χ4n) is 0.0722. The van der Waals surface area contributed by atoms with Crippen LogP contribution in [0.4, 0.5) is 0 Å². The zero-order valence-electron chi connectivity index (χ0n) is 3.66. The molecule has 0 aromatic rings. The van der Waals surface area contributed by atoms with E-state index in [0.717, 1.165) is 7.11 Å². The minimum absolute atomic E-state index is 0.0556. The summed E-state index contributed by atoms with van der Waals surface area (Å²) in [6, 6.07) is 0. The highest BCUT2D eigenvalue weighted by atomic mass is 17.2. The van der Waals surface area contributed by atoms with Crippen LogP contribution in [0.3, 0.4) is 0 Å². The van der Waals surface area contributed by atoms with Gasteiger partial charge in [0.2, 0.25) is 0 Å². The standard InChI is InChI=1S/CH6N2O4/c1-6-3(5)7-2-4/h2,4-5H,1H3. The van der Waals surface area contributed by atoms with Gasteiger partial charge in [0.15, 0.2) is 0 Å². The lowest BCUT2D eigenvalue weighted by molar-refractivity contribution is -0.540. The Morgan fingerprint density at radius 2 is 2.29 bits per heavy atom. The van der Waals surface area contributed by atoms with Crippen LogP contribution in [-0.2, 0) is 9.78 Å². The minimum atomic E-state index is -0.0556. The molecule has 0 spiro atoms. The largest absolute Gasteiger partial charge is 0.290 e. The first kappa shape index (κ1) is 6.76. The van der Waals surface area contributed by atoms with Gasteiger partial charge in [0.25, 0.3) is 0 Å². The molecule has 0 radical (unpaired) electrons. The van der Waals surface area contributed by atoms with E-state index in [4.69, 9.17) is 10.4 Å². The minimum Gasteiger partial charge on any atom is -0.290 e. The van der Waals surface area contributed by atoms with Gasteiger partial charge in [-0.1, -0.05) is 5.64 Å². The van der Waals surface area contributed by atoms with Crippen molar-refractivity contribution >= 4 is 0 Å². The van der Waals surface area contributed by atoms with E-state index in [1.165, 1.54) is 5.64 Å². The van der Waals surface area contributed by atoms with Gasteiger partial charge in [-0.3, -0.25) is 15.3 Å². The molecule has 44 valence electrons. The van der Waals surface area contributed by atoms with Crippen molar-refractivity contribution in [3.8, 4) is 0 Å². The molecule has 3 N–H and O–H groups in total. The maximum Gasteiger partial charge on any atom is 0.0937 e. The van der Waals surface area contributed by atoms with Crippen molar-refractivity contribution in [2.24, 2.45) is 0 Å². The van der Waals surface area contributed by atoms with E-state index < -0.39 is 0 Å². The zero-order valence-corrected chi connectivity index (χ0v) is 3.66. The molecular formula is CH6N2O4. The summed E-state index contributed by atoms with van der Waals surface area (Å²) in [6.07, 6.45) is 0. The Labute approximate surface area is 39.6 Å². The number of rotatable bonds is 3. The monoisotopic (exact) mass is 110 g/mol. The summed E-state index contributed by atoms with van der Waals surface area (Å²) in [4.78, 5) is 7.60. The molecule has 6 heteroatoms. The highest BCUT2D eigenvalue weighted by Crippen LogP contribution is 1.73. The number of nitrogens with one attached hydrogen (secondary N) is 1. The van der Waals surface area contributed by atoms with Crippen LogP contribution >= 0.6 is 0 Å². The summed E-state index contributed by atoms with van der Waals surface area (Å²) in [5, 5.41) is 15.6. The Hall–Kier alpha value is -0.240. The zero-order chi connectivity index (χ0) is 5.70. The summed E-state index contributed by atoms with van der Waals surface area (Å²) < 4.78 is 0. The second kappa shape index (κ2) is 3.93. The lowest BCUT2D eigenvalue weighted by Gasteiger charge is -2.05. The molecule has 0 fully saturated rings. The van der Waals surface area contributed by atoms with Crippen molar-refractivity contribution in [1.82, 2.24) is 11.0 Å². The molecule has 0 saturated carbocycles. The van der Waals surface area contributed by atoms with Crippen LogP contribution in [-0.4, -0.2) is 22.9 Å². The molecule has 0 amide bonds.